The highest BCUT2D eigenvalue weighted by Crippen LogP contribution is 2.24. The Morgan fingerprint density at radius 1 is 1.24 bits per heavy atom. The van der Waals surface area contributed by atoms with E-state index in [-0.39, 0.29) is 17.6 Å². The summed E-state index contributed by atoms with van der Waals surface area (Å²) in [6.07, 6.45) is 1.74. The van der Waals surface area contributed by atoms with E-state index in [1.54, 1.807) is 6.07 Å². The molecule has 0 atom stereocenters. The number of carbonyl (C=O) groups excluding carboxylic acids is 1. The number of H-pyrrole nitrogens is 1. The number of hydrogen-bond acceptors (Lipinski definition) is 4. The first kappa shape index (κ1) is 13.7. The quantitative estimate of drug-likeness (QED) is 0.858. The molecule has 0 unspecified atom stereocenters. The van der Waals surface area contributed by atoms with Crippen LogP contribution in [0.2, 0.25) is 0 Å². The lowest BCUT2D eigenvalue weighted by atomic mass is 10.1. The third-order valence-electron chi connectivity index (χ3n) is 3.85. The van der Waals surface area contributed by atoms with Crippen LogP contribution < -0.4 is 10.5 Å². The molecule has 0 aliphatic carbocycles. The van der Waals surface area contributed by atoms with Crippen LogP contribution in [-0.4, -0.2) is 30.1 Å². The molecule has 110 valence electrons. The summed E-state index contributed by atoms with van der Waals surface area (Å²) in [5, 5.41) is 1.02. The van der Waals surface area contributed by atoms with E-state index in [4.69, 9.17) is 4.74 Å². The first-order valence-corrected chi connectivity index (χ1v) is 7.17. The third-order valence-corrected chi connectivity index (χ3v) is 3.85. The molecule has 1 saturated heterocycles. The Bertz CT molecular complexity index is 715. The molecule has 1 aliphatic heterocycles. The molecule has 0 saturated carbocycles. The van der Waals surface area contributed by atoms with Crippen molar-refractivity contribution in [1.29, 1.82) is 0 Å². The van der Waals surface area contributed by atoms with Gasteiger partial charge in [0, 0.05) is 55.5 Å². The Hall–Kier alpha value is -2.30. The number of benzene rings is 1. The molecule has 5 heteroatoms. The molecular weight excluding hydrogens is 268 g/mol. The normalized spacial score (nSPS) is 16.1. The molecule has 3 rings (SSSR count). The zero-order valence-corrected chi connectivity index (χ0v) is 12.0. The summed E-state index contributed by atoms with van der Waals surface area (Å²) >= 11 is 0. The van der Waals surface area contributed by atoms with Crippen LogP contribution in [0.4, 0.5) is 5.69 Å². The minimum absolute atomic E-state index is 0.0376. The third kappa shape index (κ3) is 3.07. The average Bonchev–Trinajstić information content (AvgIpc) is 2.47. The first-order chi connectivity index (χ1) is 10.1. The van der Waals surface area contributed by atoms with E-state index >= 15 is 0 Å². The van der Waals surface area contributed by atoms with Gasteiger partial charge in [-0.1, -0.05) is 0 Å². The van der Waals surface area contributed by atoms with Gasteiger partial charge in [-0.3, -0.25) is 9.59 Å². The molecule has 2 heterocycles. The molecule has 1 aromatic heterocycles. The number of nitrogens with zero attached hydrogens (tertiary/aromatic N) is 1. The summed E-state index contributed by atoms with van der Waals surface area (Å²) < 4.78 is 5.25. The van der Waals surface area contributed by atoms with Crippen molar-refractivity contribution < 1.29 is 9.53 Å². The fourth-order valence-corrected chi connectivity index (χ4v) is 2.80. The average molecular weight is 286 g/mol. The maximum Gasteiger partial charge on any atom is 0.302 e. The van der Waals surface area contributed by atoms with E-state index in [0.29, 0.717) is 0 Å². The molecule has 1 N–H and O–H groups in total. The summed E-state index contributed by atoms with van der Waals surface area (Å²) in [5.41, 5.74) is 1.90. The number of esters is 1. The summed E-state index contributed by atoms with van der Waals surface area (Å²) in [6.45, 7) is 3.19. The zero-order valence-electron chi connectivity index (χ0n) is 12.0. The van der Waals surface area contributed by atoms with Gasteiger partial charge in [-0.15, -0.1) is 0 Å². The number of fused-ring (bicyclic) bond motifs is 1. The van der Waals surface area contributed by atoms with Crippen molar-refractivity contribution in [3.63, 3.8) is 0 Å². The van der Waals surface area contributed by atoms with Crippen molar-refractivity contribution in [2.45, 2.75) is 25.9 Å². The Kier molecular flexibility index (Phi) is 3.64. The van der Waals surface area contributed by atoms with Crippen molar-refractivity contribution >= 4 is 22.6 Å². The highest BCUT2D eigenvalue weighted by atomic mass is 16.5. The molecule has 5 nitrogen and oxygen atoms in total. The van der Waals surface area contributed by atoms with Crippen molar-refractivity contribution in [3.05, 3.63) is 40.7 Å². The monoisotopic (exact) mass is 286 g/mol. The lowest BCUT2D eigenvalue weighted by Gasteiger charge is -2.33. The number of rotatable bonds is 2. The van der Waals surface area contributed by atoms with Gasteiger partial charge < -0.3 is 14.6 Å². The summed E-state index contributed by atoms with van der Waals surface area (Å²) in [4.78, 5) is 27.4. The van der Waals surface area contributed by atoms with Crippen molar-refractivity contribution in [2.75, 3.05) is 18.0 Å². The largest absolute Gasteiger partial charge is 0.462 e. The summed E-state index contributed by atoms with van der Waals surface area (Å²) in [6, 6.07) is 9.41. The maximum atomic E-state index is 11.3. The van der Waals surface area contributed by atoms with Crippen LogP contribution in [0, 0.1) is 0 Å². The summed E-state index contributed by atoms with van der Waals surface area (Å²) in [5.74, 6) is -0.205. The maximum absolute atomic E-state index is 11.3. The topological polar surface area (TPSA) is 62.4 Å². The second-order valence-corrected chi connectivity index (χ2v) is 5.39. The van der Waals surface area contributed by atoms with Gasteiger partial charge in [0.1, 0.15) is 6.10 Å². The number of carbonyl (C=O) groups is 1. The molecule has 0 bridgehead atoms. The Balaban J connectivity index is 1.75. The highest BCUT2D eigenvalue weighted by molar-refractivity contribution is 5.82. The number of nitrogens with one attached hydrogen (secondary N) is 1. The number of aromatic nitrogens is 1. The smallest absolute Gasteiger partial charge is 0.302 e. The number of hydrogen-bond donors (Lipinski definition) is 1. The second kappa shape index (κ2) is 5.60. The van der Waals surface area contributed by atoms with Gasteiger partial charge in [-0.05, 0) is 24.3 Å². The minimum atomic E-state index is -0.205. The Morgan fingerprint density at radius 3 is 2.71 bits per heavy atom. The molecule has 2 aromatic rings. The van der Waals surface area contributed by atoms with Crippen LogP contribution in [0.5, 0.6) is 0 Å². The van der Waals surface area contributed by atoms with Crippen LogP contribution >= 0.6 is 0 Å². The molecule has 0 amide bonds. The molecule has 0 radical (unpaired) electrons. The standard InChI is InChI=1S/C16H18N2O3/c1-11(19)21-14-6-8-18(9-7-14)13-3-4-15-12(10-13)2-5-16(20)17-15/h2-5,10,14H,6-9H2,1H3,(H,17,20). The fourth-order valence-electron chi connectivity index (χ4n) is 2.80. The van der Waals surface area contributed by atoms with Gasteiger partial charge >= 0.3 is 5.97 Å². The van der Waals surface area contributed by atoms with Crippen molar-refractivity contribution in [2.24, 2.45) is 0 Å². The second-order valence-electron chi connectivity index (χ2n) is 5.39. The first-order valence-electron chi connectivity index (χ1n) is 7.17. The highest BCUT2D eigenvalue weighted by Gasteiger charge is 2.21. The van der Waals surface area contributed by atoms with Crippen molar-refractivity contribution in [1.82, 2.24) is 4.98 Å². The predicted octanol–water partition coefficient (Wildman–Crippen LogP) is 2.06. The van der Waals surface area contributed by atoms with Crippen LogP contribution in [0.3, 0.4) is 0 Å². The van der Waals surface area contributed by atoms with Gasteiger partial charge in [0.25, 0.3) is 0 Å². The van der Waals surface area contributed by atoms with Crippen LogP contribution in [0.1, 0.15) is 19.8 Å². The van der Waals surface area contributed by atoms with E-state index in [1.165, 1.54) is 6.92 Å². The molecule has 1 fully saturated rings. The number of anilines is 1. The lowest BCUT2D eigenvalue weighted by molar-refractivity contribution is -0.147. The predicted molar refractivity (Wildman–Crippen MR) is 81.6 cm³/mol. The SMILES string of the molecule is CC(=O)OC1CCN(c2ccc3[nH]c(=O)ccc3c2)CC1. The molecule has 1 aliphatic rings. The molecular formula is C16H18N2O3. The van der Waals surface area contributed by atoms with Gasteiger partial charge in [-0.25, -0.2) is 0 Å². The van der Waals surface area contributed by atoms with Crippen molar-refractivity contribution in [3.8, 4) is 0 Å². The van der Waals surface area contributed by atoms with E-state index in [1.807, 2.05) is 18.2 Å². The number of ether oxygens (including phenoxy) is 1. The van der Waals surface area contributed by atoms with Gasteiger partial charge in [0.2, 0.25) is 5.56 Å². The number of pyridine rings is 1. The zero-order chi connectivity index (χ0) is 14.8. The van der Waals surface area contributed by atoms with E-state index in [0.717, 1.165) is 42.5 Å². The summed E-state index contributed by atoms with van der Waals surface area (Å²) in [7, 11) is 0. The Morgan fingerprint density at radius 2 is 2.00 bits per heavy atom. The fraction of sp³-hybridized carbons (Fsp3) is 0.375. The van der Waals surface area contributed by atoms with Gasteiger partial charge in [0.15, 0.2) is 0 Å². The van der Waals surface area contributed by atoms with Gasteiger partial charge in [0.05, 0.1) is 0 Å². The van der Waals surface area contributed by atoms with E-state index < -0.39 is 0 Å². The number of piperidine rings is 1. The minimum Gasteiger partial charge on any atom is -0.462 e. The van der Waals surface area contributed by atoms with Crippen LogP contribution in [0.25, 0.3) is 10.9 Å². The van der Waals surface area contributed by atoms with Crippen LogP contribution in [0.15, 0.2) is 35.1 Å². The van der Waals surface area contributed by atoms with Gasteiger partial charge in [-0.2, -0.15) is 0 Å². The van der Waals surface area contributed by atoms with E-state index in [9.17, 15) is 9.59 Å². The molecule has 0 spiro atoms. The van der Waals surface area contributed by atoms with E-state index in [2.05, 4.69) is 16.0 Å². The van der Waals surface area contributed by atoms with Crippen LogP contribution in [-0.2, 0) is 9.53 Å². The number of aromatic amines is 1. The Labute approximate surface area is 122 Å². The lowest BCUT2D eigenvalue weighted by Crippen LogP contribution is -2.37. The molecule has 1 aromatic carbocycles. The molecule has 21 heavy (non-hydrogen) atoms.